The second kappa shape index (κ2) is 12.2. The average Bonchev–Trinajstić information content (AvgIpc) is 2.88. The highest BCUT2D eigenvalue weighted by Crippen LogP contribution is 2.27. The van der Waals surface area contributed by atoms with Gasteiger partial charge >= 0.3 is 0 Å². The number of piperazine rings is 1. The molecule has 3 aromatic rings. The van der Waals surface area contributed by atoms with Crippen molar-refractivity contribution in [3.05, 3.63) is 93.5 Å². The number of hydrogen-bond acceptors (Lipinski definition) is 3. The van der Waals surface area contributed by atoms with E-state index >= 15 is 0 Å². The second-order valence-electron chi connectivity index (χ2n) is 9.75. The Hall–Kier alpha value is -2.20. The molecule has 0 amide bonds. The third-order valence-corrected chi connectivity index (χ3v) is 7.58. The summed E-state index contributed by atoms with van der Waals surface area (Å²) in [6.45, 7) is 8.20. The Labute approximate surface area is 221 Å². The van der Waals surface area contributed by atoms with Crippen LogP contribution in [0.25, 0.3) is 0 Å². The smallest absolute Gasteiger partial charge is 0.120 e. The van der Waals surface area contributed by atoms with Crippen molar-refractivity contribution in [2.75, 3.05) is 37.6 Å². The third kappa shape index (κ3) is 6.73. The van der Waals surface area contributed by atoms with Crippen LogP contribution in [0.3, 0.4) is 0 Å². The van der Waals surface area contributed by atoms with Crippen LogP contribution in [0.5, 0.6) is 5.75 Å². The quantitative estimate of drug-likeness (QED) is 0.344. The molecule has 1 aliphatic heterocycles. The minimum Gasteiger partial charge on any atom is -0.489 e. The standard InChI is InChI=1S/C30H35ClN2O.ClH/c1-23-6-12-28(31)21-30(23)33-18-16-32(17-19-33)15-14-24-7-9-25(10-8-24)22-34-29-13-11-26-4-2-3-5-27(26)20-29;/h6-13,20-21H,2-5,14-19,22H2,1H3;1H. The molecule has 0 radical (unpaired) electrons. The second-order valence-corrected chi connectivity index (χ2v) is 10.2. The maximum absolute atomic E-state index is 6.22. The minimum atomic E-state index is 0. The van der Waals surface area contributed by atoms with Gasteiger partial charge in [0.25, 0.3) is 0 Å². The lowest BCUT2D eigenvalue weighted by Gasteiger charge is -2.37. The van der Waals surface area contributed by atoms with E-state index in [1.165, 1.54) is 59.2 Å². The Balaban J connectivity index is 0.00000289. The number of halogens is 2. The van der Waals surface area contributed by atoms with Gasteiger partial charge in [-0.25, -0.2) is 0 Å². The summed E-state index contributed by atoms with van der Waals surface area (Å²) in [6, 6.07) is 21.8. The van der Waals surface area contributed by atoms with Crippen LogP contribution in [-0.2, 0) is 25.9 Å². The largest absolute Gasteiger partial charge is 0.489 e. The fourth-order valence-corrected chi connectivity index (χ4v) is 5.36. The molecule has 0 atom stereocenters. The average molecular weight is 512 g/mol. The molecule has 1 fully saturated rings. The molecule has 0 unspecified atom stereocenters. The summed E-state index contributed by atoms with van der Waals surface area (Å²) in [5.41, 5.74) is 8.18. The molecule has 2 aliphatic rings. The number of fused-ring (bicyclic) bond motifs is 1. The Morgan fingerprint density at radius 3 is 2.29 bits per heavy atom. The molecule has 1 heterocycles. The summed E-state index contributed by atoms with van der Waals surface area (Å²) in [5, 5.41) is 0.819. The SMILES string of the molecule is Cc1ccc(Cl)cc1N1CCN(CCc2ccc(COc3ccc4c(c3)CCCC4)cc2)CC1.Cl. The van der Waals surface area contributed by atoms with Crippen molar-refractivity contribution >= 4 is 29.7 Å². The first kappa shape index (κ1) is 25.9. The summed E-state index contributed by atoms with van der Waals surface area (Å²) >= 11 is 6.22. The van der Waals surface area contributed by atoms with Gasteiger partial charge in [-0.1, -0.05) is 48.0 Å². The maximum atomic E-state index is 6.22. The molecule has 0 aromatic heterocycles. The van der Waals surface area contributed by atoms with Crippen molar-refractivity contribution in [2.45, 2.75) is 45.6 Å². The van der Waals surface area contributed by atoms with Gasteiger partial charge in [0.05, 0.1) is 0 Å². The lowest BCUT2D eigenvalue weighted by molar-refractivity contribution is 0.261. The van der Waals surface area contributed by atoms with Crippen LogP contribution in [-0.4, -0.2) is 37.6 Å². The minimum absolute atomic E-state index is 0. The van der Waals surface area contributed by atoms with E-state index in [4.69, 9.17) is 16.3 Å². The number of ether oxygens (including phenoxy) is 1. The van der Waals surface area contributed by atoms with E-state index in [1.807, 2.05) is 6.07 Å². The molecule has 3 aromatic carbocycles. The van der Waals surface area contributed by atoms with Gasteiger partial charge in [0.2, 0.25) is 0 Å². The molecule has 186 valence electrons. The Morgan fingerprint density at radius 2 is 1.51 bits per heavy atom. The van der Waals surface area contributed by atoms with Crippen molar-refractivity contribution in [3.8, 4) is 5.75 Å². The van der Waals surface area contributed by atoms with Crippen LogP contribution >= 0.6 is 24.0 Å². The van der Waals surface area contributed by atoms with Crippen LogP contribution in [0.1, 0.15) is 40.7 Å². The molecule has 1 aliphatic carbocycles. The zero-order valence-electron chi connectivity index (χ0n) is 20.6. The van der Waals surface area contributed by atoms with Crippen LogP contribution in [0, 0.1) is 6.92 Å². The lowest BCUT2D eigenvalue weighted by atomic mass is 9.92. The predicted molar refractivity (Wildman–Crippen MR) is 150 cm³/mol. The fourth-order valence-electron chi connectivity index (χ4n) is 5.19. The first-order chi connectivity index (χ1) is 16.6. The van der Waals surface area contributed by atoms with E-state index in [-0.39, 0.29) is 12.4 Å². The van der Waals surface area contributed by atoms with Crippen molar-refractivity contribution < 1.29 is 4.74 Å². The summed E-state index contributed by atoms with van der Waals surface area (Å²) < 4.78 is 6.09. The highest BCUT2D eigenvalue weighted by Gasteiger charge is 2.18. The first-order valence-electron chi connectivity index (χ1n) is 12.7. The molecule has 3 nitrogen and oxygen atoms in total. The van der Waals surface area contributed by atoms with Gasteiger partial charge in [-0.3, -0.25) is 4.90 Å². The van der Waals surface area contributed by atoms with Crippen molar-refractivity contribution in [1.29, 1.82) is 0 Å². The molecule has 0 saturated carbocycles. The Bertz CT molecular complexity index is 1110. The highest BCUT2D eigenvalue weighted by atomic mass is 35.5. The number of aryl methyl sites for hydroxylation is 3. The zero-order chi connectivity index (χ0) is 23.3. The summed E-state index contributed by atoms with van der Waals surface area (Å²) in [4.78, 5) is 5.04. The van der Waals surface area contributed by atoms with Crippen LogP contribution in [0.15, 0.2) is 60.7 Å². The topological polar surface area (TPSA) is 15.7 Å². The van der Waals surface area contributed by atoms with Gasteiger partial charge in [-0.2, -0.15) is 0 Å². The zero-order valence-corrected chi connectivity index (χ0v) is 22.2. The van der Waals surface area contributed by atoms with Crippen LogP contribution in [0.2, 0.25) is 5.02 Å². The van der Waals surface area contributed by atoms with E-state index in [0.717, 1.165) is 49.9 Å². The highest BCUT2D eigenvalue weighted by molar-refractivity contribution is 6.30. The number of anilines is 1. The van der Waals surface area contributed by atoms with E-state index in [9.17, 15) is 0 Å². The molecular formula is C30H36Cl2N2O. The molecule has 35 heavy (non-hydrogen) atoms. The summed E-state index contributed by atoms with van der Waals surface area (Å²) in [7, 11) is 0. The monoisotopic (exact) mass is 510 g/mol. The van der Waals surface area contributed by atoms with Gasteiger partial charge in [0, 0.05) is 43.4 Å². The van der Waals surface area contributed by atoms with Crippen molar-refractivity contribution in [2.24, 2.45) is 0 Å². The molecule has 0 spiro atoms. The molecule has 0 bridgehead atoms. The lowest BCUT2D eigenvalue weighted by Crippen LogP contribution is -2.47. The van der Waals surface area contributed by atoms with Crippen molar-refractivity contribution in [1.82, 2.24) is 4.90 Å². The molecular weight excluding hydrogens is 475 g/mol. The van der Waals surface area contributed by atoms with Gasteiger partial charge in [-0.05, 0) is 91.1 Å². The van der Waals surface area contributed by atoms with Gasteiger partial charge in [-0.15, -0.1) is 12.4 Å². The predicted octanol–water partition coefficient (Wildman–Crippen LogP) is 6.89. The number of nitrogens with zero attached hydrogens (tertiary/aromatic N) is 2. The van der Waals surface area contributed by atoms with E-state index in [1.54, 1.807) is 0 Å². The third-order valence-electron chi connectivity index (χ3n) is 7.35. The Kier molecular flexibility index (Phi) is 8.99. The van der Waals surface area contributed by atoms with Gasteiger partial charge in [0.15, 0.2) is 0 Å². The van der Waals surface area contributed by atoms with Crippen LogP contribution in [0.4, 0.5) is 5.69 Å². The van der Waals surface area contributed by atoms with Crippen LogP contribution < -0.4 is 9.64 Å². The van der Waals surface area contributed by atoms with E-state index in [2.05, 4.69) is 71.3 Å². The van der Waals surface area contributed by atoms with Gasteiger partial charge in [0.1, 0.15) is 12.4 Å². The number of benzene rings is 3. The number of rotatable bonds is 7. The molecule has 5 heteroatoms. The van der Waals surface area contributed by atoms with Gasteiger partial charge < -0.3 is 9.64 Å². The van der Waals surface area contributed by atoms with E-state index < -0.39 is 0 Å². The Morgan fingerprint density at radius 1 is 0.800 bits per heavy atom. The maximum Gasteiger partial charge on any atom is 0.120 e. The fraction of sp³-hybridized carbons (Fsp3) is 0.400. The normalized spacial score (nSPS) is 15.9. The summed E-state index contributed by atoms with van der Waals surface area (Å²) in [5.74, 6) is 0.997. The van der Waals surface area contributed by atoms with E-state index in [0.29, 0.717) is 6.61 Å². The van der Waals surface area contributed by atoms with Crippen molar-refractivity contribution in [3.63, 3.8) is 0 Å². The summed E-state index contributed by atoms with van der Waals surface area (Å²) in [6.07, 6.45) is 6.11. The number of hydrogen-bond donors (Lipinski definition) is 0. The molecule has 5 rings (SSSR count). The molecule has 0 N–H and O–H groups in total. The molecule has 1 saturated heterocycles. The first-order valence-corrected chi connectivity index (χ1v) is 13.1.